The van der Waals surface area contributed by atoms with Gasteiger partial charge in [0, 0.05) is 0 Å². The van der Waals surface area contributed by atoms with Crippen LogP contribution in [0.4, 0.5) is 83.4 Å². The lowest BCUT2D eigenvalue weighted by molar-refractivity contribution is -0.559. The Hall–Kier alpha value is -1.94. The Morgan fingerprint density at radius 2 is 0.788 bits per heavy atom. The number of halogens is 19. The maximum absolute atomic E-state index is 13.7. The Bertz CT molecular complexity index is 734. The molecule has 0 radical (unpaired) electrons. The van der Waals surface area contributed by atoms with E-state index in [1.807, 2.05) is 0 Å². The van der Waals surface area contributed by atoms with Crippen LogP contribution in [0.2, 0.25) is 0 Å². The van der Waals surface area contributed by atoms with E-state index in [0.717, 1.165) is 4.74 Å². The van der Waals surface area contributed by atoms with Gasteiger partial charge in [-0.3, -0.25) is 9.47 Å². The van der Waals surface area contributed by atoms with Crippen LogP contribution in [0.15, 0.2) is 0 Å². The second kappa shape index (κ2) is 7.80. The van der Waals surface area contributed by atoms with E-state index in [0.29, 0.717) is 0 Å². The molecule has 0 saturated carbocycles. The molecule has 0 spiro atoms. The molecule has 0 aliphatic carbocycles. The van der Waals surface area contributed by atoms with Crippen molar-refractivity contribution in [3.05, 3.63) is 0 Å². The molecule has 23 heteroatoms. The Balaban J connectivity index is 6.93. The molecule has 0 aliphatic rings. The van der Waals surface area contributed by atoms with Crippen LogP contribution in [0.5, 0.6) is 0 Å². The van der Waals surface area contributed by atoms with E-state index in [-0.39, 0.29) is 0 Å². The van der Waals surface area contributed by atoms with E-state index >= 15 is 0 Å². The van der Waals surface area contributed by atoms with E-state index < -0.39 is 60.3 Å². The van der Waals surface area contributed by atoms with Crippen LogP contribution in [0.25, 0.3) is 0 Å². The zero-order valence-electron chi connectivity index (χ0n) is 13.9. The normalized spacial score (nSPS) is 19.1. The molecule has 0 rings (SSSR count). The monoisotopic (exact) mass is 546 g/mol. The summed E-state index contributed by atoms with van der Waals surface area (Å²) in [6.45, 7) is 0. The average Bonchev–Trinajstić information content (AvgIpc) is 2.49. The highest BCUT2D eigenvalue weighted by Crippen LogP contribution is 2.58. The number of ether oxygens (including phenoxy) is 2. The first-order valence-corrected chi connectivity index (χ1v) is 6.58. The zero-order valence-corrected chi connectivity index (χ0v) is 13.9. The summed E-state index contributed by atoms with van der Waals surface area (Å²) in [7, 11) is 0. The number of rotatable bonds is 8. The van der Waals surface area contributed by atoms with Gasteiger partial charge in [0.15, 0.2) is 0 Å². The highest BCUT2D eigenvalue weighted by Gasteiger charge is 2.87. The van der Waals surface area contributed by atoms with Crippen molar-refractivity contribution in [2.45, 2.75) is 54.3 Å². The number of hydrogen-bond donors (Lipinski definition) is 1. The standard InChI is InChI=1S/C10HF19O4/c11-2(12,1(30)31)4(15,7(20,21)22)32-10(28,29)5(16,8(23,24)25)33-9(26,27)3(13,14)6(17,18)19/h(H,30,31). The first-order valence-electron chi connectivity index (χ1n) is 6.58. The lowest BCUT2D eigenvalue weighted by Gasteiger charge is -2.41. The van der Waals surface area contributed by atoms with Crippen molar-refractivity contribution in [1.82, 2.24) is 0 Å². The molecule has 0 bridgehead atoms. The maximum Gasteiger partial charge on any atom is 0.462 e. The molecule has 2 unspecified atom stereocenters. The van der Waals surface area contributed by atoms with Crippen LogP contribution in [0, 0.1) is 0 Å². The summed E-state index contributed by atoms with van der Waals surface area (Å²) in [4.78, 5) is 10.0. The van der Waals surface area contributed by atoms with E-state index in [4.69, 9.17) is 5.11 Å². The van der Waals surface area contributed by atoms with Gasteiger partial charge in [0.05, 0.1) is 0 Å². The number of alkyl halides is 19. The fourth-order valence-electron chi connectivity index (χ4n) is 1.37. The van der Waals surface area contributed by atoms with Crippen LogP contribution < -0.4 is 0 Å². The van der Waals surface area contributed by atoms with Crippen molar-refractivity contribution in [1.29, 1.82) is 0 Å². The highest BCUT2D eigenvalue weighted by molar-refractivity contribution is 5.77. The molecule has 0 aliphatic heterocycles. The van der Waals surface area contributed by atoms with Crippen molar-refractivity contribution in [3.8, 4) is 0 Å². The van der Waals surface area contributed by atoms with Gasteiger partial charge in [0.25, 0.3) is 0 Å². The summed E-state index contributed by atoms with van der Waals surface area (Å²) in [5.41, 5.74) is 0. The fourth-order valence-corrected chi connectivity index (χ4v) is 1.37. The summed E-state index contributed by atoms with van der Waals surface area (Å²) in [5.74, 6) is -36.3. The highest BCUT2D eigenvalue weighted by atomic mass is 19.4. The van der Waals surface area contributed by atoms with Gasteiger partial charge in [-0.15, -0.1) is 0 Å². The molecular weight excluding hydrogens is 545 g/mol. The van der Waals surface area contributed by atoms with E-state index in [1.54, 1.807) is 0 Å². The van der Waals surface area contributed by atoms with Crippen molar-refractivity contribution in [2.24, 2.45) is 0 Å². The van der Waals surface area contributed by atoms with Gasteiger partial charge < -0.3 is 5.11 Å². The molecule has 0 aromatic carbocycles. The molecule has 0 amide bonds. The summed E-state index contributed by atoms with van der Waals surface area (Å²) in [6.07, 6.45) is -40.3. The second-order valence-corrected chi connectivity index (χ2v) is 5.38. The number of carboxylic acid groups (broad SMARTS) is 1. The number of carboxylic acids is 1. The summed E-state index contributed by atoms with van der Waals surface area (Å²) in [6, 6.07) is 0. The molecule has 0 aromatic heterocycles. The SMILES string of the molecule is O=C(O)C(F)(F)C(F)(OC(F)(F)C(F)(OC(F)(F)C(F)(F)C(F)(F)F)C(F)(F)F)C(F)(F)F. The Morgan fingerprint density at radius 3 is 1.03 bits per heavy atom. The summed E-state index contributed by atoms with van der Waals surface area (Å²) in [5, 5.41) is 7.78. The third kappa shape index (κ3) is 4.82. The second-order valence-electron chi connectivity index (χ2n) is 5.38. The van der Waals surface area contributed by atoms with Crippen molar-refractivity contribution in [3.63, 3.8) is 0 Å². The summed E-state index contributed by atoms with van der Waals surface area (Å²) < 4.78 is 244. The minimum Gasteiger partial charge on any atom is -0.477 e. The predicted molar refractivity (Wildman–Crippen MR) is 55.4 cm³/mol. The van der Waals surface area contributed by atoms with Gasteiger partial charge >= 0.3 is 60.3 Å². The topological polar surface area (TPSA) is 55.8 Å². The van der Waals surface area contributed by atoms with E-state index in [1.165, 1.54) is 4.74 Å². The first-order chi connectivity index (χ1) is 13.9. The smallest absolute Gasteiger partial charge is 0.462 e. The Labute approximate surface area is 164 Å². The molecule has 0 saturated heterocycles. The number of hydrogen-bond acceptors (Lipinski definition) is 3. The van der Waals surface area contributed by atoms with E-state index in [9.17, 15) is 88.2 Å². The number of aliphatic carboxylic acids is 1. The molecular formula is C10HF19O4. The van der Waals surface area contributed by atoms with Gasteiger partial charge in [-0.05, 0) is 0 Å². The van der Waals surface area contributed by atoms with Gasteiger partial charge in [0.1, 0.15) is 0 Å². The van der Waals surface area contributed by atoms with E-state index in [2.05, 4.69) is 0 Å². The van der Waals surface area contributed by atoms with Crippen molar-refractivity contribution < 1.29 is 103 Å². The lowest BCUT2D eigenvalue weighted by Crippen LogP contribution is -2.70. The Morgan fingerprint density at radius 1 is 0.485 bits per heavy atom. The minimum atomic E-state index is -8.38. The summed E-state index contributed by atoms with van der Waals surface area (Å²) >= 11 is 0. The number of carbonyl (C=O) groups is 1. The third-order valence-corrected chi connectivity index (χ3v) is 3.04. The molecule has 4 nitrogen and oxygen atoms in total. The average molecular weight is 546 g/mol. The fraction of sp³-hybridized carbons (Fsp3) is 0.900. The minimum absolute atomic E-state index is 1.08. The molecule has 198 valence electrons. The van der Waals surface area contributed by atoms with Crippen LogP contribution in [-0.2, 0) is 14.3 Å². The van der Waals surface area contributed by atoms with Gasteiger partial charge in [0.2, 0.25) is 0 Å². The molecule has 0 aromatic rings. The van der Waals surface area contributed by atoms with Crippen molar-refractivity contribution in [2.75, 3.05) is 0 Å². The van der Waals surface area contributed by atoms with Crippen LogP contribution in [0.3, 0.4) is 0 Å². The molecule has 0 fully saturated rings. The first kappa shape index (κ1) is 31.1. The van der Waals surface area contributed by atoms with Gasteiger partial charge in [-0.2, -0.15) is 83.4 Å². The van der Waals surface area contributed by atoms with Crippen LogP contribution in [-0.4, -0.2) is 65.4 Å². The largest absolute Gasteiger partial charge is 0.477 e. The quantitative estimate of drug-likeness (QED) is 0.405. The van der Waals surface area contributed by atoms with Gasteiger partial charge in [-0.1, -0.05) is 0 Å². The third-order valence-electron chi connectivity index (χ3n) is 3.04. The maximum atomic E-state index is 13.7. The Kier molecular flexibility index (Phi) is 7.34. The molecule has 0 heterocycles. The van der Waals surface area contributed by atoms with Crippen LogP contribution >= 0.6 is 0 Å². The lowest BCUT2D eigenvalue weighted by atomic mass is 10.1. The van der Waals surface area contributed by atoms with Crippen LogP contribution in [0.1, 0.15) is 0 Å². The molecule has 1 N–H and O–H groups in total. The zero-order chi connectivity index (χ0) is 27.5. The predicted octanol–water partition coefficient (Wildman–Crippen LogP) is 5.58. The van der Waals surface area contributed by atoms with Gasteiger partial charge in [-0.25, -0.2) is 4.79 Å². The van der Waals surface area contributed by atoms with Crippen molar-refractivity contribution >= 4 is 5.97 Å². The molecule has 2 atom stereocenters. The molecule has 33 heavy (non-hydrogen) atoms.